The molecule has 2 rings (SSSR count). The van der Waals surface area contributed by atoms with E-state index in [-0.39, 0.29) is 0 Å². The average molecular weight is 226 g/mol. The number of hydrogen-bond donors (Lipinski definition) is 1. The summed E-state index contributed by atoms with van der Waals surface area (Å²) in [5, 5.41) is 8.80. The van der Waals surface area contributed by atoms with Gasteiger partial charge in [-0.3, -0.25) is 0 Å². The fourth-order valence-corrected chi connectivity index (χ4v) is 1.87. The zero-order valence-electron chi connectivity index (χ0n) is 9.72. The first kappa shape index (κ1) is 11.2. The molecule has 0 aliphatic carbocycles. The number of nitrogens with two attached hydrogens (primary N) is 1. The van der Waals surface area contributed by atoms with Gasteiger partial charge in [0.05, 0.1) is 18.2 Å². The summed E-state index contributed by atoms with van der Waals surface area (Å²) in [6.45, 7) is 2.61. The average Bonchev–Trinajstić information content (AvgIpc) is 2.58. The van der Waals surface area contributed by atoms with Crippen LogP contribution in [0.2, 0.25) is 0 Å². The SMILES string of the molecule is Cc1nc(N)c(CC#N)n1Cc1ccccc1. The number of hydrogen-bond acceptors (Lipinski definition) is 3. The summed E-state index contributed by atoms with van der Waals surface area (Å²) < 4.78 is 1.99. The van der Waals surface area contributed by atoms with Crippen molar-refractivity contribution in [2.24, 2.45) is 0 Å². The van der Waals surface area contributed by atoms with Gasteiger partial charge in [-0.25, -0.2) is 4.98 Å². The summed E-state index contributed by atoms with van der Waals surface area (Å²) in [6, 6.07) is 12.2. The van der Waals surface area contributed by atoms with Crippen molar-refractivity contribution in [3.8, 4) is 6.07 Å². The van der Waals surface area contributed by atoms with Gasteiger partial charge >= 0.3 is 0 Å². The van der Waals surface area contributed by atoms with Gasteiger partial charge in [-0.2, -0.15) is 5.26 Å². The standard InChI is InChI=1S/C13H14N4/c1-10-16-13(15)12(7-8-14)17(10)9-11-5-3-2-4-6-11/h2-6H,7,9,15H2,1H3. The molecule has 0 fully saturated rings. The fraction of sp³-hybridized carbons (Fsp3) is 0.231. The Balaban J connectivity index is 2.36. The number of benzene rings is 1. The second-order valence-electron chi connectivity index (χ2n) is 3.90. The van der Waals surface area contributed by atoms with Crippen LogP contribution in [-0.2, 0) is 13.0 Å². The predicted molar refractivity (Wildman–Crippen MR) is 66.2 cm³/mol. The number of imidazole rings is 1. The van der Waals surface area contributed by atoms with Gasteiger partial charge < -0.3 is 10.3 Å². The lowest BCUT2D eigenvalue weighted by Crippen LogP contribution is -2.07. The van der Waals surface area contributed by atoms with Crippen LogP contribution in [0.5, 0.6) is 0 Å². The summed E-state index contributed by atoms with van der Waals surface area (Å²) >= 11 is 0. The highest BCUT2D eigenvalue weighted by Crippen LogP contribution is 2.16. The Bertz CT molecular complexity index is 549. The molecule has 0 unspecified atom stereocenters. The van der Waals surface area contributed by atoms with Crippen LogP contribution in [0.25, 0.3) is 0 Å². The molecule has 0 bridgehead atoms. The first-order valence-electron chi connectivity index (χ1n) is 5.44. The van der Waals surface area contributed by atoms with E-state index < -0.39 is 0 Å². The third-order valence-electron chi connectivity index (χ3n) is 2.72. The Labute approximate surface area is 100 Å². The van der Waals surface area contributed by atoms with Crippen molar-refractivity contribution < 1.29 is 0 Å². The zero-order valence-corrected chi connectivity index (χ0v) is 9.72. The molecule has 0 atom stereocenters. The number of nitriles is 1. The van der Waals surface area contributed by atoms with E-state index in [9.17, 15) is 0 Å². The summed E-state index contributed by atoms with van der Waals surface area (Å²) in [6.07, 6.45) is 0.291. The molecule has 2 aromatic rings. The summed E-state index contributed by atoms with van der Waals surface area (Å²) in [5.41, 5.74) is 7.77. The van der Waals surface area contributed by atoms with Crippen LogP contribution in [0.4, 0.5) is 5.82 Å². The van der Waals surface area contributed by atoms with Gasteiger partial charge in [0.25, 0.3) is 0 Å². The number of nitrogens with zero attached hydrogens (tertiary/aromatic N) is 3. The first-order chi connectivity index (χ1) is 8.22. The van der Waals surface area contributed by atoms with Gasteiger partial charge in [0.1, 0.15) is 11.6 Å². The third kappa shape index (κ3) is 2.28. The maximum Gasteiger partial charge on any atom is 0.146 e. The minimum atomic E-state index is 0.291. The zero-order chi connectivity index (χ0) is 12.3. The van der Waals surface area contributed by atoms with Crippen LogP contribution in [0.15, 0.2) is 30.3 Å². The Morgan fingerprint density at radius 2 is 2.06 bits per heavy atom. The Morgan fingerprint density at radius 3 is 2.71 bits per heavy atom. The number of aromatic nitrogens is 2. The number of nitrogen functional groups attached to an aromatic ring is 1. The number of aryl methyl sites for hydroxylation is 1. The van der Waals surface area contributed by atoms with E-state index >= 15 is 0 Å². The molecular formula is C13H14N4. The molecule has 0 saturated carbocycles. The Morgan fingerprint density at radius 1 is 1.35 bits per heavy atom. The smallest absolute Gasteiger partial charge is 0.146 e. The van der Waals surface area contributed by atoms with E-state index in [1.807, 2.05) is 41.8 Å². The maximum atomic E-state index is 8.80. The number of anilines is 1. The van der Waals surface area contributed by atoms with Gasteiger partial charge in [-0.1, -0.05) is 30.3 Å². The Hall–Kier alpha value is -2.28. The molecule has 0 saturated heterocycles. The monoisotopic (exact) mass is 226 g/mol. The fourth-order valence-electron chi connectivity index (χ4n) is 1.87. The highest BCUT2D eigenvalue weighted by atomic mass is 15.1. The van der Waals surface area contributed by atoms with Gasteiger partial charge in [0.2, 0.25) is 0 Å². The van der Waals surface area contributed by atoms with E-state index in [4.69, 9.17) is 11.0 Å². The predicted octanol–water partition coefficient (Wildman–Crippen LogP) is 1.89. The highest BCUT2D eigenvalue weighted by molar-refractivity contribution is 5.39. The van der Waals surface area contributed by atoms with E-state index in [1.165, 1.54) is 5.56 Å². The Kier molecular flexibility index (Phi) is 3.10. The third-order valence-corrected chi connectivity index (χ3v) is 2.72. The minimum Gasteiger partial charge on any atom is -0.382 e. The highest BCUT2D eigenvalue weighted by Gasteiger charge is 2.11. The molecule has 0 aliphatic heterocycles. The van der Waals surface area contributed by atoms with Crippen LogP contribution >= 0.6 is 0 Å². The lowest BCUT2D eigenvalue weighted by molar-refractivity contribution is 0.729. The molecule has 1 heterocycles. The normalized spacial score (nSPS) is 10.1. The molecule has 0 radical (unpaired) electrons. The van der Waals surface area contributed by atoms with Crippen LogP contribution in [0, 0.1) is 18.3 Å². The van der Waals surface area contributed by atoms with Crippen molar-refractivity contribution >= 4 is 5.82 Å². The molecule has 4 heteroatoms. The molecule has 4 nitrogen and oxygen atoms in total. The van der Waals surface area contributed by atoms with Gasteiger partial charge in [-0.15, -0.1) is 0 Å². The van der Waals surface area contributed by atoms with Crippen LogP contribution in [0.1, 0.15) is 17.1 Å². The molecule has 17 heavy (non-hydrogen) atoms. The number of rotatable bonds is 3. The van der Waals surface area contributed by atoms with E-state index in [1.54, 1.807) is 0 Å². The molecule has 2 N–H and O–H groups in total. The first-order valence-corrected chi connectivity index (χ1v) is 5.44. The topological polar surface area (TPSA) is 67.6 Å². The minimum absolute atomic E-state index is 0.291. The lowest BCUT2D eigenvalue weighted by atomic mass is 10.2. The molecule has 86 valence electrons. The van der Waals surface area contributed by atoms with E-state index in [0.29, 0.717) is 18.8 Å². The largest absolute Gasteiger partial charge is 0.382 e. The second-order valence-corrected chi connectivity index (χ2v) is 3.90. The van der Waals surface area contributed by atoms with Crippen LogP contribution in [-0.4, -0.2) is 9.55 Å². The van der Waals surface area contributed by atoms with Crippen molar-refractivity contribution in [2.45, 2.75) is 19.9 Å². The van der Waals surface area contributed by atoms with Gasteiger partial charge in [-0.05, 0) is 12.5 Å². The molecule has 1 aromatic heterocycles. The maximum absolute atomic E-state index is 8.80. The second kappa shape index (κ2) is 4.71. The van der Waals surface area contributed by atoms with E-state index in [0.717, 1.165) is 11.5 Å². The van der Waals surface area contributed by atoms with Crippen molar-refractivity contribution in [2.75, 3.05) is 5.73 Å². The lowest BCUT2D eigenvalue weighted by Gasteiger charge is -2.08. The summed E-state index contributed by atoms with van der Waals surface area (Å²) in [4.78, 5) is 4.22. The van der Waals surface area contributed by atoms with Crippen molar-refractivity contribution in [1.82, 2.24) is 9.55 Å². The molecular weight excluding hydrogens is 212 g/mol. The van der Waals surface area contributed by atoms with Crippen molar-refractivity contribution in [1.29, 1.82) is 5.26 Å². The van der Waals surface area contributed by atoms with E-state index in [2.05, 4.69) is 11.1 Å². The quantitative estimate of drug-likeness (QED) is 0.869. The van der Waals surface area contributed by atoms with Crippen molar-refractivity contribution in [3.05, 3.63) is 47.4 Å². The van der Waals surface area contributed by atoms with Gasteiger partial charge in [0, 0.05) is 6.54 Å². The molecule has 0 spiro atoms. The molecule has 0 aliphatic rings. The summed E-state index contributed by atoms with van der Waals surface area (Å²) in [7, 11) is 0. The molecule has 1 aromatic carbocycles. The van der Waals surface area contributed by atoms with Crippen LogP contribution < -0.4 is 5.73 Å². The molecule has 0 amide bonds. The summed E-state index contributed by atoms with van der Waals surface area (Å²) in [5.74, 6) is 1.30. The van der Waals surface area contributed by atoms with Gasteiger partial charge in [0.15, 0.2) is 0 Å². The van der Waals surface area contributed by atoms with Crippen molar-refractivity contribution in [3.63, 3.8) is 0 Å². The van der Waals surface area contributed by atoms with Crippen LogP contribution in [0.3, 0.4) is 0 Å².